The van der Waals surface area contributed by atoms with Gasteiger partial charge in [-0.05, 0) is 31.0 Å². The summed E-state index contributed by atoms with van der Waals surface area (Å²) >= 11 is 0. The number of nitrogens with zero attached hydrogens (tertiary/aromatic N) is 3. The molecule has 0 aliphatic heterocycles. The Bertz CT molecular complexity index is 1220. The molecule has 2 amide bonds. The summed E-state index contributed by atoms with van der Waals surface area (Å²) in [6.07, 6.45) is 2.95. The third kappa shape index (κ3) is 4.75. The highest BCUT2D eigenvalue weighted by Crippen LogP contribution is 2.21. The summed E-state index contributed by atoms with van der Waals surface area (Å²) in [6, 6.07) is 20.7. The van der Waals surface area contributed by atoms with E-state index in [0.29, 0.717) is 24.5 Å². The van der Waals surface area contributed by atoms with Gasteiger partial charge in [-0.2, -0.15) is 0 Å². The molecule has 0 saturated carbocycles. The number of hydrogen-bond acceptors (Lipinski definition) is 5. The van der Waals surface area contributed by atoms with Crippen molar-refractivity contribution in [1.82, 2.24) is 19.7 Å². The Hall–Kier alpha value is -4.20. The molecule has 0 aliphatic rings. The minimum Gasteiger partial charge on any atom is -0.494 e. The fourth-order valence-corrected chi connectivity index (χ4v) is 3.30. The second-order valence-corrected chi connectivity index (χ2v) is 7.17. The zero-order chi connectivity index (χ0) is 22.3. The molecule has 2 heterocycles. The lowest BCUT2D eigenvalue weighted by molar-refractivity contribution is 0.0944. The minimum absolute atomic E-state index is 0.0230. The third-order valence-corrected chi connectivity index (χ3v) is 4.91. The van der Waals surface area contributed by atoms with Crippen LogP contribution in [0.5, 0.6) is 5.75 Å². The first kappa shape index (κ1) is 21.0. The van der Waals surface area contributed by atoms with E-state index in [4.69, 9.17) is 10.5 Å². The van der Waals surface area contributed by atoms with Crippen LogP contribution < -0.4 is 15.8 Å². The number of para-hydroxylation sites is 1. The molecule has 0 bridgehead atoms. The Morgan fingerprint density at radius 2 is 1.72 bits per heavy atom. The van der Waals surface area contributed by atoms with E-state index in [9.17, 15) is 9.59 Å². The van der Waals surface area contributed by atoms with Crippen LogP contribution in [0.3, 0.4) is 0 Å². The van der Waals surface area contributed by atoms with E-state index in [-0.39, 0.29) is 17.2 Å². The predicted molar refractivity (Wildman–Crippen MR) is 120 cm³/mol. The summed E-state index contributed by atoms with van der Waals surface area (Å²) in [5, 5.41) is 2.92. The maximum atomic E-state index is 12.9. The number of nitrogens with two attached hydrogens (primary N) is 1. The molecule has 2 aromatic carbocycles. The van der Waals surface area contributed by atoms with Crippen molar-refractivity contribution in [2.24, 2.45) is 5.73 Å². The molecule has 4 rings (SSSR count). The molecule has 8 nitrogen and oxygen atoms in total. The van der Waals surface area contributed by atoms with Crippen molar-refractivity contribution in [3.63, 3.8) is 0 Å². The van der Waals surface area contributed by atoms with Crippen LogP contribution in [0.4, 0.5) is 0 Å². The lowest BCUT2D eigenvalue weighted by Crippen LogP contribution is -2.27. The SMILES string of the molecule is NC(=O)c1ncn2c(C(=O)NCCCCOc3ccccc3)cc(-c3ccccc3)nc12. The molecule has 0 saturated heterocycles. The van der Waals surface area contributed by atoms with Gasteiger partial charge in [0.2, 0.25) is 0 Å². The van der Waals surface area contributed by atoms with Gasteiger partial charge in [-0.25, -0.2) is 9.97 Å². The number of amides is 2. The number of imidazole rings is 1. The van der Waals surface area contributed by atoms with Gasteiger partial charge in [0, 0.05) is 12.1 Å². The molecule has 0 unspecified atom stereocenters. The van der Waals surface area contributed by atoms with E-state index in [1.165, 1.54) is 10.7 Å². The van der Waals surface area contributed by atoms with Crippen molar-refractivity contribution >= 4 is 17.5 Å². The number of nitrogens with one attached hydrogen (secondary N) is 1. The summed E-state index contributed by atoms with van der Waals surface area (Å²) < 4.78 is 7.15. The van der Waals surface area contributed by atoms with Gasteiger partial charge in [0.1, 0.15) is 17.8 Å². The predicted octanol–water partition coefficient (Wildman–Crippen LogP) is 3.08. The van der Waals surface area contributed by atoms with Crippen LogP contribution in [0.1, 0.15) is 33.8 Å². The van der Waals surface area contributed by atoms with Crippen LogP contribution in [0.2, 0.25) is 0 Å². The van der Waals surface area contributed by atoms with Gasteiger partial charge in [0.15, 0.2) is 11.3 Å². The van der Waals surface area contributed by atoms with Gasteiger partial charge < -0.3 is 15.8 Å². The normalized spacial score (nSPS) is 10.8. The second kappa shape index (κ2) is 9.74. The molecular weight excluding hydrogens is 406 g/mol. The molecule has 0 atom stereocenters. The molecule has 0 radical (unpaired) electrons. The van der Waals surface area contributed by atoms with Crippen molar-refractivity contribution in [3.8, 4) is 17.0 Å². The fraction of sp³-hybridized carbons (Fsp3) is 0.167. The third-order valence-electron chi connectivity index (χ3n) is 4.91. The van der Waals surface area contributed by atoms with Gasteiger partial charge in [-0.1, -0.05) is 48.5 Å². The zero-order valence-corrected chi connectivity index (χ0v) is 17.4. The number of rotatable bonds is 9. The standard InChI is InChI=1S/C24H23N5O3/c25-22(30)21-23-28-19(17-9-3-1-4-10-17)15-20(29(23)16-27-21)24(31)26-13-7-8-14-32-18-11-5-2-6-12-18/h1-6,9-12,15-16H,7-8,13-14H2,(H2,25,30)(H,26,31). The zero-order valence-electron chi connectivity index (χ0n) is 17.4. The van der Waals surface area contributed by atoms with Crippen molar-refractivity contribution in [2.75, 3.05) is 13.2 Å². The number of benzene rings is 2. The maximum absolute atomic E-state index is 12.9. The van der Waals surface area contributed by atoms with E-state index in [1.807, 2.05) is 60.7 Å². The number of hydrogen-bond donors (Lipinski definition) is 2. The largest absolute Gasteiger partial charge is 0.494 e. The van der Waals surface area contributed by atoms with Gasteiger partial charge in [0.25, 0.3) is 11.8 Å². The first-order valence-corrected chi connectivity index (χ1v) is 10.3. The number of carbonyl (C=O) groups is 2. The molecule has 162 valence electrons. The fourth-order valence-electron chi connectivity index (χ4n) is 3.30. The van der Waals surface area contributed by atoms with E-state index >= 15 is 0 Å². The van der Waals surface area contributed by atoms with E-state index in [1.54, 1.807) is 6.07 Å². The van der Waals surface area contributed by atoms with Crippen LogP contribution in [-0.4, -0.2) is 39.3 Å². The summed E-state index contributed by atoms with van der Waals surface area (Å²) in [5.74, 6) is -0.156. The van der Waals surface area contributed by atoms with Crippen LogP contribution in [-0.2, 0) is 0 Å². The second-order valence-electron chi connectivity index (χ2n) is 7.17. The minimum atomic E-state index is -0.699. The number of carbonyl (C=O) groups excluding carboxylic acids is 2. The molecule has 2 aromatic heterocycles. The monoisotopic (exact) mass is 429 g/mol. The van der Waals surface area contributed by atoms with Crippen molar-refractivity contribution in [1.29, 1.82) is 0 Å². The van der Waals surface area contributed by atoms with E-state index in [0.717, 1.165) is 24.2 Å². The Labute approximate surface area is 185 Å². The lowest BCUT2D eigenvalue weighted by Gasteiger charge is -2.10. The summed E-state index contributed by atoms with van der Waals surface area (Å²) in [5.41, 5.74) is 7.42. The van der Waals surface area contributed by atoms with Crippen LogP contribution in [0.25, 0.3) is 16.9 Å². The molecular formula is C24H23N5O3. The Morgan fingerprint density at radius 3 is 2.44 bits per heavy atom. The molecule has 0 aliphatic carbocycles. The smallest absolute Gasteiger partial charge is 0.271 e. The van der Waals surface area contributed by atoms with Crippen LogP contribution >= 0.6 is 0 Å². The van der Waals surface area contributed by atoms with Crippen molar-refractivity contribution in [3.05, 3.63) is 84.4 Å². The van der Waals surface area contributed by atoms with Gasteiger partial charge >= 0.3 is 0 Å². The Balaban J connectivity index is 1.46. The van der Waals surface area contributed by atoms with E-state index in [2.05, 4.69) is 15.3 Å². The number of aromatic nitrogens is 3. The lowest BCUT2D eigenvalue weighted by atomic mass is 10.1. The molecule has 0 fully saturated rings. The average Bonchev–Trinajstić information content (AvgIpc) is 3.26. The highest BCUT2D eigenvalue weighted by molar-refractivity contribution is 5.99. The van der Waals surface area contributed by atoms with Crippen LogP contribution in [0, 0.1) is 0 Å². The molecule has 0 spiro atoms. The first-order chi connectivity index (χ1) is 15.6. The summed E-state index contributed by atoms with van der Waals surface area (Å²) in [7, 11) is 0. The molecule has 8 heteroatoms. The molecule has 4 aromatic rings. The van der Waals surface area contributed by atoms with Gasteiger partial charge in [0.05, 0.1) is 12.3 Å². The quantitative estimate of drug-likeness (QED) is 0.397. The Morgan fingerprint density at radius 1 is 1.00 bits per heavy atom. The average molecular weight is 429 g/mol. The van der Waals surface area contributed by atoms with Crippen LogP contribution in [0.15, 0.2) is 73.1 Å². The highest BCUT2D eigenvalue weighted by atomic mass is 16.5. The Kier molecular flexibility index (Phi) is 6.41. The number of ether oxygens (including phenoxy) is 1. The topological polar surface area (TPSA) is 112 Å². The number of fused-ring (bicyclic) bond motifs is 1. The first-order valence-electron chi connectivity index (χ1n) is 10.3. The molecule has 32 heavy (non-hydrogen) atoms. The van der Waals surface area contributed by atoms with Gasteiger partial charge in [-0.3, -0.25) is 14.0 Å². The highest BCUT2D eigenvalue weighted by Gasteiger charge is 2.19. The summed E-state index contributed by atoms with van der Waals surface area (Å²) in [4.78, 5) is 33.3. The summed E-state index contributed by atoms with van der Waals surface area (Å²) in [6.45, 7) is 1.06. The van der Waals surface area contributed by atoms with E-state index < -0.39 is 5.91 Å². The van der Waals surface area contributed by atoms with Crippen molar-refractivity contribution in [2.45, 2.75) is 12.8 Å². The number of unbranched alkanes of at least 4 members (excludes halogenated alkanes) is 1. The molecule has 3 N–H and O–H groups in total. The maximum Gasteiger partial charge on any atom is 0.271 e. The number of primary amides is 1. The van der Waals surface area contributed by atoms with Crippen molar-refractivity contribution < 1.29 is 14.3 Å². The van der Waals surface area contributed by atoms with Gasteiger partial charge in [-0.15, -0.1) is 0 Å².